The Morgan fingerprint density at radius 3 is 2.10 bits per heavy atom. The highest BCUT2D eigenvalue weighted by Crippen LogP contribution is 2.21. The molecule has 0 aromatic heterocycles. The van der Waals surface area contributed by atoms with Crippen molar-refractivity contribution in [2.75, 3.05) is 39.5 Å². The molecular formula is C16H19NO3Si. The van der Waals surface area contributed by atoms with Crippen LogP contribution in [0.25, 0.3) is 10.8 Å². The molecule has 5 rings (SSSR count). The molecule has 2 bridgehead atoms. The van der Waals surface area contributed by atoms with E-state index < -0.39 is 8.80 Å². The highest BCUT2D eigenvalue weighted by Gasteiger charge is 2.47. The summed E-state index contributed by atoms with van der Waals surface area (Å²) in [5, 5.41) is 3.50. The maximum Gasteiger partial charge on any atom is 0.537 e. The molecule has 0 saturated carbocycles. The average molecular weight is 301 g/mol. The molecule has 0 atom stereocenters. The molecule has 0 unspecified atom stereocenters. The van der Waals surface area contributed by atoms with E-state index in [1.54, 1.807) is 0 Å². The summed E-state index contributed by atoms with van der Waals surface area (Å²) < 4.78 is 18.6. The minimum absolute atomic E-state index is 0.676. The normalized spacial score (nSPS) is 29.8. The van der Waals surface area contributed by atoms with E-state index in [1.165, 1.54) is 10.8 Å². The Morgan fingerprint density at radius 2 is 1.38 bits per heavy atom. The molecule has 4 nitrogen and oxygen atoms in total. The van der Waals surface area contributed by atoms with E-state index in [0.717, 1.165) is 24.8 Å². The second-order valence-corrected chi connectivity index (χ2v) is 7.99. The van der Waals surface area contributed by atoms with Crippen molar-refractivity contribution in [3.8, 4) is 0 Å². The monoisotopic (exact) mass is 301 g/mol. The van der Waals surface area contributed by atoms with E-state index in [-0.39, 0.29) is 0 Å². The lowest BCUT2D eigenvalue weighted by molar-refractivity contribution is 0.00160. The number of fused-ring (bicyclic) bond motifs is 7. The van der Waals surface area contributed by atoms with Crippen molar-refractivity contribution in [2.24, 2.45) is 0 Å². The Labute approximate surface area is 125 Å². The molecule has 0 N–H and O–H groups in total. The van der Waals surface area contributed by atoms with Crippen LogP contribution in [0.1, 0.15) is 0 Å². The first-order valence-electron chi connectivity index (χ1n) is 7.50. The van der Waals surface area contributed by atoms with Gasteiger partial charge in [0, 0.05) is 24.8 Å². The largest absolute Gasteiger partial charge is 0.537 e. The summed E-state index contributed by atoms with van der Waals surface area (Å²) in [7, 11) is -2.79. The predicted molar refractivity (Wildman–Crippen MR) is 83.6 cm³/mol. The van der Waals surface area contributed by atoms with E-state index in [1.807, 2.05) is 0 Å². The van der Waals surface area contributed by atoms with Crippen molar-refractivity contribution in [2.45, 2.75) is 0 Å². The van der Waals surface area contributed by atoms with Crippen LogP contribution in [0, 0.1) is 0 Å². The molecular weight excluding hydrogens is 282 g/mol. The lowest BCUT2D eigenvalue weighted by Crippen LogP contribution is -2.62. The summed E-state index contributed by atoms with van der Waals surface area (Å²) in [6, 6.07) is 14.7. The van der Waals surface area contributed by atoms with Gasteiger partial charge in [0.15, 0.2) is 0 Å². The summed E-state index contributed by atoms with van der Waals surface area (Å²) in [6.07, 6.45) is 0. The molecule has 3 aliphatic heterocycles. The maximum atomic E-state index is 6.19. The molecule has 3 fully saturated rings. The van der Waals surface area contributed by atoms with E-state index in [9.17, 15) is 0 Å². The first kappa shape index (κ1) is 13.4. The number of rotatable bonds is 1. The van der Waals surface area contributed by atoms with Crippen LogP contribution in [0.2, 0.25) is 0 Å². The second-order valence-electron chi connectivity index (χ2n) is 5.47. The molecule has 0 aliphatic carbocycles. The van der Waals surface area contributed by atoms with Gasteiger partial charge in [-0.2, -0.15) is 0 Å². The molecule has 0 radical (unpaired) electrons. The molecule has 0 amide bonds. The van der Waals surface area contributed by atoms with Crippen molar-refractivity contribution >= 4 is 24.8 Å². The van der Waals surface area contributed by atoms with Gasteiger partial charge in [0.2, 0.25) is 0 Å². The van der Waals surface area contributed by atoms with Gasteiger partial charge in [-0.15, -0.1) is 0 Å². The Kier molecular flexibility index (Phi) is 3.52. The summed E-state index contributed by atoms with van der Waals surface area (Å²) in [6.45, 7) is 4.92. The van der Waals surface area contributed by atoms with Crippen LogP contribution >= 0.6 is 0 Å². The molecule has 0 spiro atoms. The van der Waals surface area contributed by atoms with Gasteiger partial charge in [-0.3, -0.25) is 4.90 Å². The second kappa shape index (κ2) is 5.51. The van der Waals surface area contributed by atoms with Crippen molar-refractivity contribution < 1.29 is 13.3 Å². The quantitative estimate of drug-likeness (QED) is 0.744. The fourth-order valence-corrected chi connectivity index (χ4v) is 5.77. The van der Waals surface area contributed by atoms with E-state index in [0.29, 0.717) is 19.8 Å². The number of hydrogen-bond acceptors (Lipinski definition) is 4. The highest BCUT2D eigenvalue weighted by molar-refractivity contribution is 6.77. The van der Waals surface area contributed by atoms with Gasteiger partial charge in [-0.25, -0.2) is 0 Å². The molecule has 5 heteroatoms. The van der Waals surface area contributed by atoms with Crippen LogP contribution in [0.4, 0.5) is 0 Å². The van der Waals surface area contributed by atoms with Gasteiger partial charge in [-0.1, -0.05) is 42.5 Å². The molecule has 3 heterocycles. The van der Waals surface area contributed by atoms with Crippen molar-refractivity contribution in [3.63, 3.8) is 0 Å². The van der Waals surface area contributed by atoms with Gasteiger partial charge in [0.1, 0.15) is 0 Å². The Hall–Kier alpha value is -1.24. The lowest BCUT2D eigenvalue weighted by atomic mass is 10.1. The third kappa shape index (κ3) is 2.41. The standard InChI is InChI=1S/C16H19NO3Si/c1-2-6-15-14(4-1)5-3-7-16(15)21-18-11-8-17(9-12-19-21)10-13-20-21/h1-7H,8-13H2. The van der Waals surface area contributed by atoms with Crippen LogP contribution in [-0.4, -0.2) is 53.2 Å². The predicted octanol–water partition coefficient (Wildman–Crippen LogP) is 1.36. The van der Waals surface area contributed by atoms with Gasteiger partial charge in [-0.05, 0) is 10.8 Å². The van der Waals surface area contributed by atoms with E-state index in [4.69, 9.17) is 13.3 Å². The lowest BCUT2D eigenvalue weighted by Gasteiger charge is -2.38. The van der Waals surface area contributed by atoms with Gasteiger partial charge < -0.3 is 13.3 Å². The molecule has 3 aliphatic rings. The first-order valence-corrected chi connectivity index (χ1v) is 9.22. The summed E-state index contributed by atoms with van der Waals surface area (Å²) in [4.78, 5) is 2.33. The first-order chi connectivity index (χ1) is 10.4. The smallest absolute Gasteiger partial charge is 0.369 e. The van der Waals surface area contributed by atoms with Crippen LogP contribution in [0.15, 0.2) is 42.5 Å². The Balaban J connectivity index is 1.84. The number of nitrogens with zero attached hydrogens (tertiary/aromatic N) is 1. The van der Waals surface area contributed by atoms with Crippen molar-refractivity contribution in [1.82, 2.24) is 4.90 Å². The number of hydrogen-bond donors (Lipinski definition) is 0. The van der Waals surface area contributed by atoms with Crippen LogP contribution in [-0.2, 0) is 13.3 Å². The minimum Gasteiger partial charge on any atom is -0.369 e. The minimum atomic E-state index is -2.79. The summed E-state index contributed by atoms with van der Waals surface area (Å²) >= 11 is 0. The molecule has 3 saturated heterocycles. The topological polar surface area (TPSA) is 30.9 Å². The SMILES string of the molecule is c1ccc2c([Si]34OCCN(CCO3)CCO4)cccc2c1. The molecule has 21 heavy (non-hydrogen) atoms. The fraction of sp³-hybridized carbons (Fsp3) is 0.375. The van der Waals surface area contributed by atoms with Gasteiger partial charge >= 0.3 is 8.80 Å². The molecule has 2 aromatic rings. The fourth-order valence-electron chi connectivity index (χ4n) is 3.11. The average Bonchev–Trinajstić information content (AvgIpc) is 2.45. The van der Waals surface area contributed by atoms with Crippen LogP contribution < -0.4 is 5.19 Å². The van der Waals surface area contributed by atoms with E-state index in [2.05, 4.69) is 47.4 Å². The van der Waals surface area contributed by atoms with Crippen LogP contribution in [0.3, 0.4) is 0 Å². The van der Waals surface area contributed by atoms with Crippen molar-refractivity contribution in [1.29, 1.82) is 0 Å². The van der Waals surface area contributed by atoms with Crippen molar-refractivity contribution in [3.05, 3.63) is 42.5 Å². The molecule has 110 valence electrons. The third-order valence-electron chi connectivity index (χ3n) is 4.22. The zero-order valence-electron chi connectivity index (χ0n) is 12.0. The third-order valence-corrected chi connectivity index (χ3v) is 7.07. The maximum absolute atomic E-state index is 6.19. The Morgan fingerprint density at radius 1 is 0.762 bits per heavy atom. The number of benzene rings is 2. The zero-order valence-corrected chi connectivity index (χ0v) is 13.0. The van der Waals surface area contributed by atoms with E-state index >= 15 is 0 Å². The Bertz CT molecular complexity index is 616. The zero-order chi connectivity index (χ0) is 14.1. The van der Waals surface area contributed by atoms with Gasteiger partial charge in [0.05, 0.1) is 19.8 Å². The summed E-state index contributed by atoms with van der Waals surface area (Å²) in [5.74, 6) is 0. The highest BCUT2D eigenvalue weighted by atomic mass is 28.4. The molecule has 2 aromatic carbocycles. The van der Waals surface area contributed by atoms with Gasteiger partial charge in [0.25, 0.3) is 0 Å². The summed E-state index contributed by atoms with van der Waals surface area (Å²) in [5.41, 5.74) is 0. The van der Waals surface area contributed by atoms with Crippen LogP contribution in [0.5, 0.6) is 0 Å².